The van der Waals surface area contributed by atoms with Crippen LogP contribution in [-0.4, -0.2) is 42.2 Å². The van der Waals surface area contributed by atoms with Crippen LogP contribution in [0, 0.1) is 6.92 Å². The Labute approximate surface area is 160 Å². The molecule has 0 bridgehead atoms. The van der Waals surface area contributed by atoms with Gasteiger partial charge in [-0.2, -0.15) is 0 Å². The maximum absolute atomic E-state index is 12.2. The van der Waals surface area contributed by atoms with Gasteiger partial charge in [-0.15, -0.1) is 0 Å². The summed E-state index contributed by atoms with van der Waals surface area (Å²) in [4.78, 5) is 23.6. The van der Waals surface area contributed by atoms with E-state index in [1.807, 2.05) is 43.3 Å². The molecule has 144 valence electrons. The van der Waals surface area contributed by atoms with Gasteiger partial charge in [-0.1, -0.05) is 18.2 Å². The monoisotopic (exact) mass is 369 g/mol. The van der Waals surface area contributed by atoms with E-state index in [2.05, 4.69) is 25.5 Å². The molecule has 1 saturated heterocycles. The fraction of sp³-hybridized carbons (Fsp3) is 0.450. The minimum Gasteiger partial charge on any atom is -0.377 e. The number of hydrogen-bond donors (Lipinski definition) is 2. The van der Waals surface area contributed by atoms with Crippen LogP contribution in [0.25, 0.3) is 0 Å². The first-order chi connectivity index (χ1) is 13.2. The average molecular weight is 369 g/mol. The number of urea groups is 1. The minimum atomic E-state index is -0.189. The fourth-order valence-corrected chi connectivity index (χ4v) is 3.37. The van der Waals surface area contributed by atoms with Crippen molar-refractivity contribution in [3.8, 4) is 0 Å². The number of hydrogen-bond acceptors (Lipinski definition) is 5. The van der Waals surface area contributed by atoms with Gasteiger partial charge in [0.25, 0.3) is 0 Å². The molecule has 0 radical (unpaired) electrons. The molecular formula is C20H27N5O2. The van der Waals surface area contributed by atoms with Crippen molar-refractivity contribution in [3.05, 3.63) is 47.9 Å². The molecule has 27 heavy (non-hydrogen) atoms. The van der Waals surface area contributed by atoms with E-state index in [-0.39, 0.29) is 12.1 Å². The van der Waals surface area contributed by atoms with Gasteiger partial charge in [0.05, 0.1) is 0 Å². The highest BCUT2D eigenvalue weighted by molar-refractivity contribution is 5.89. The van der Waals surface area contributed by atoms with Gasteiger partial charge in [-0.25, -0.2) is 14.8 Å². The smallest absolute Gasteiger partial charge is 0.319 e. The van der Waals surface area contributed by atoms with Crippen molar-refractivity contribution in [1.82, 2.24) is 15.3 Å². The zero-order valence-electron chi connectivity index (χ0n) is 15.9. The molecule has 2 N–H and O–H groups in total. The predicted octanol–water partition coefficient (Wildman–Crippen LogP) is 3.11. The Balaban J connectivity index is 1.64. The van der Waals surface area contributed by atoms with Crippen molar-refractivity contribution in [2.24, 2.45) is 0 Å². The summed E-state index contributed by atoms with van der Waals surface area (Å²) in [5.41, 5.74) is 1.71. The van der Waals surface area contributed by atoms with Crippen LogP contribution in [0.15, 0.2) is 36.4 Å². The van der Waals surface area contributed by atoms with E-state index in [1.54, 1.807) is 7.11 Å². The molecule has 7 nitrogen and oxygen atoms in total. The molecular weight excluding hydrogens is 342 g/mol. The number of nitrogens with zero attached hydrogens (tertiary/aromatic N) is 3. The maximum atomic E-state index is 12.2. The molecule has 1 aromatic carbocycles. The highest BCUT2D eigenvalue weighted by Gasteiger charge is 2.24. The van der Waals surface area contributed by atoms with Crippen LogP contribution >= 0.6 is 0 Å². The van der Waals surface area contributed by atoms with Gasteiger partial charge < -0.3 is 20.3 Å². The third-order valence-electron chi connectivity index (χ3n) is 4.61. The van der Waals surface area contributed by atoms with Gasteiger partial charge in [0.15, 0.2) is 5.82 Å². The molecule has 1 aliphatic rings. The predicted molar refractivity (Wildman–Crippen MR) is 106 cm³/mol. The molecule has 1 aliphatic heterocycles. The highest BCUT2D eigenvalue weighted by Crippen LogP contribution is 2.23. The SMILES string of the molecule is COCc1nc(C)cc(N2CCCCC2CNC(=O)Nc2ccccc2)n1. The van der Waals surface area contributed by atoms with E-state index in [1.165, 1.54) is 0 Å². The first kappa shape index (κ1) is 19.1. The molecule has 2 aromatic rings. The normalized spacial score (nSPS) is 16.8. The van der Waals surface area contributed by atoms with Gasteiger partial charge in [-0.3, -0.25) is 0 Å². The lowest BCUT2D eigenvalue weighted by atomic mass is 10.0. The third-order valence-corrected chi connectivity index (χ3v) is 4.61. The Bertz CT molecular complexity index is 753. The minimum absolute atomic E-state index is 0.189. The Kier molecular flexibility index (Phi) is 6.59. The van der Waals surface area contributed by atoms with Crippen LogP contribution in [0.4, 0.5) is 16.3 Å². The molecule has 7 heteroatoms. The van der Waals surface area contributed by atoms with E-state index in [0.29, 0.717) is 19.0 Å². The number of ether oxygens (including phenoxy) is 1. The van der Waals surface area contributed by atoms with Crippen LogP contribution in [0.5, 0.6) is 0 Å². The number of carbonyl (C=O) groups excluding carboxylic acids is 1. The second-order valence-corrected chi connectivity index (χ2v) is 6.76. The summed E-state index contributed by atoms with van der Waals surface area (Å²) < 4.78 is 5.18. The van der Waals surface area contributed by atoms with E-state index in [0.717, 1.165) is 43.0 Å². The third kappa shape index (κ3) is 5.40. The van der Waals surface area contributed by atoms with Crippen molar-refractivity contribution >= 4 is 17.5 Å². The van der Waals surface area contributed by atoms with Gasteiger partial charge >= 0.3 is 6.03 Å². The van der Waals surface area contributed by atoms with Crippen LogP contribution in [-0.2, 0) is 11.3 Å². The van der Waals surface area contributed by atoms with Gasteiger partial charge in [-0.05, 0) is 38.3 Å². The number of methoxy groups -OCH3 is 1. The molecule has 0 aliphatic carbocycles. The quantitative estimate of drug-likeness (QED) is 0.818. The van der Waals surface area contributed by atoms with Gasteiger partial charge in [0.2, 0.25) is 0 Å². The highest BCUT2D eigenvalue weighted by atomic mass is 16.5. The number of aromatic nitrogens is 2. The number of carbonyl (C=O) groups is 1. The zero-order chi connectivity index (χ0) is 19.1. The Hall–Kier alpha value is -2.67. The number of piperidine rings is 1. The van der Waals surface area contributed by atoms with Crippen LogP contribution in [0.1, 0.15) is 30.8 Å². The van der Waals surface area contributed by atoms with Crippen LogP contribution in [0.3, 0.4) is 0 Å². The number of aryl methyl sites for hydroxylation is 1. The number of para-hydroxylation sites is 1. The number of amides is 2. The van der Waals surface area contributed by atoms with Crippen molar-refractivity contribution in [1.29, 1.82) is 0 Å². The number of nitrogens with one attached hydrogen (secondary N) is 2. The first-order valence-corrected chi connectivity index (χ1v) is 9.36. The van der Waals surface area contributed by atoms with Crippen LogP contribution in [0.2, 0.25) is 0 Å². The number of anilines is 2. The lowest BCUT2D eigenvalue weighted by molar-refractivity contribution is 0.177. The Morgan fingerprint density at radius 2 is 2.07 bits per heavy atom. The van der Waals surface area contributed by atoms with Crippen molar-refractivity contribution in [3.63, 3.8) is 0 Å². The number of rotatable bonds is 6. The average Bonchev–Trinajstić information content (AvgIpc) is 2.67. The molecule has 1 unspecified atom stereocenters. The second kappa shape index (κ2) is 9.32. The summed E-state index contributed by atoms with van der Waals surface area (Å²) in [7, 11) is 1.64. The van der Waals surface area contributed by atoms with Gasteiger partial charge in [0.1, 0.15) is 12.4 Å². The summed E-state index contributed by atoms with van der Waals surface area (Å²) in [5.74, 6) is 1.59. The standard InChI is InChI=1S/C20H27N5O2/c1-15-12-19(24-18(22-15)14-27-2)25-11-7-6-10-17(25)13-21-20(26)23-16-8-4-3-5-9-16/h3-5,8-9,12,17H,6-7,10-11,13-14H2,1-2H3,(H2,21,23,26). The Morgan fingerprint density at radius 3 is 2.85 bits per heavy atom. The summed E-state index contributed by atoms with van der Waals surface area (Å²) in [6.45, 7) is 3.86. The fourth-order valence-electron chi connectivity index (χ4n) is 3.37. The lowest BCUT2D eigenvalue weighted by Crippen LogP contribution is -2.48. The molecule has 0 spiro atoms. The van der Waals surface area contributed by atoms with E-state index < -0.39 is 0 Å². The lowest BCUT2D eigenvalue weighted by Gasteiger charge is -2.37. The van der Waals surface area contributed by atoms with E-state index in [9.17, 15) is 4.79 Å². The van der Waals surface area contributed by atoms with E-state index >= 15 is 0 Å². The number of benzene rings is 1. The van der Waals surface area contributed by atoms with Gasteiger partial charge in [0, 0.05) is 43.7 Å². The molecule has 0 saturated carbocycles. The first-order valence-electron chi connectivity index (χ1n) is 9.36. The second-order valence-electron chi connectivity index (χ2n) is 6.76. The maximum Gasteiger partial charge on any atom is 0.319 e. The van der Waals surface area contributed by atoms with Crippen molar-refractivity contribution in [2.75, 3.05) is 30.4 Å². The van der Waals surface area contributed by atoms with Crippen molar-refractivity contribution < 1.29 is 9.53 Å². The molecule has 1 fully saturated rings. The summed E-state index contributed by atoms with van der Waals surface area (Å²) in [6, 6.07) is 11.5. The largest absolute Gasteiger partial charge is 0.377 e. The Morgan fingerprint density at radius 1 is 1.26 bits per heavy atom. The zero-order valence-corrected chi connectivity index (χ0v) is 15.9. The van der Waals surface area contributed by atoms with Crippen molar-refractivity contribution in [2.45, 2.75) is 38.8 Å². The molecule has 2 heterocycles. The molecule has 3 rings (SSSR count). The molecule has 1 aromatic heterocycles. The summed E-state index contributed by atoms with van der Waals surface area (Å²) in [5, 5.41) is 5.86. The molecule has 2 amide bonds. The summed E-state index contributed by atoms with van der Waals surface area (Å²) in [6.07, 6.45) is 3.29. The topological polar surface area (TPSA) is 79.4 Å². The molecule has 1 atom stereocenters. The summed E-state index contributed by atoms with van der Waals surface area (Å²) >= 11 is 0. The van der Waals surface area contributed by atoms with Crippen LogP contribution < -0.4 is 15.5 Å². The van der Waals surface area contributed by atoms with E-state index in [4.69, 9.17) is 4.74 Å².